The maximum absolute atomic E-state index is 8.03. The van der Waals surface area contributed by atoms with Gasteiger partial charge in [-0.2, -0.15) is 0 Å². The summed E-state index contributed by atoms with van der Waals surface area (Å²) in [6.07, 6.45) is -0.659. The lowest BCUT2D eigenvalue weighted by Crippen LogP contribution is -2.23. The third-order valence-electron chi connectivity index (χ3n) is 2.10. The van der Waals surface area contributed by atoms with Gasteiger partial charge in [0.15, 0.2) is 0 Å². The zero-order valence-corrected chi connectivity index (χ0v) is 7.70. The predicted octanol–water partition coefficient (Wildman–Crippen LogP) is 2.41. The molecule has 2 unspecified atom stereocenters. The van der Waals surface area contributed by atoms with Crippen LogP contribution in [0.15, 0.2) is 36.4 Å². The molecule has 0 saturated carbocycles. The molecular weight excluding hydrogens is 158 g/mol. The molecule has 0 aromatic heterocycles. The SMILES string of the molecule is [2H]C1=C(c2ccccc2)C([2H])C([2H])N(C)C1. The van der Waals surface area contributed by atoms with Gasteiger partial charge in [0.05, 0.1) is 1.37 Å². The second-order valence-electron chi connectivity index (χ2n) is 3.19. The van der Waals surface area contributed by atoms with Gasteiger partial charge in [-0.3, -0.25) is 0 Å². The highest BCUT2D eigenvalue weighted by Gasteiger charge is 2.08. The zero-order chi connectivity index (χ0) is 11.7. The van der Waals surface area contributed by atoms with Gasteiger partial charge in [-0.1, -0.05) is 36.4 Å². The van der Waals surface area contributed by atoms with Crippen LogP contribution in [-0.2, 0) is 0 Å². The van der Waals surface area contributed by atoms with Crippen molar-refractivity contribution in [2.75, 3.05) is 20.1 Å². The second-order valence-corrected chi connectivity index (χ2v) is 3.19. The molecule has 68 valence electrons. The van der Waals surface area contributed by atoms with Gasteiger partial charge in [0, 0.05) is 15.8 Å². The summed E-state index contributed by atoms with van der Waals surface area (Å²) in [7, 11) is 1.79. The van der Waals surface area contributed by atoms with Crippen LogP contribution in [0, 0.1) is 0 Å². The Morgan fingerprint density at radius 2 is 2.15 bits per heavy atom. The minimum absolute atomic E-state index is 0.452. The van der Waals surface area contributed by atoms with Crippen LogP contribution < -0.4 is 0 Å². The third kappa shape index (κ3) is 1.99. The number of hydrogen-bond acceptors (Lipinski definition) is 1. The van der Waals surface area contributed by atoms with Gasteiger partial charge in [-0.15, -0.1) is 0 Å². The van der Waals surface area contributed by atoms with Gasteiger partial charge >= 0.3 is 0 Å². The summed E-state index contributed by atoms with van der Waals surface area (Å²) in [5.74, 6) is 0. The van der Waals surface area contributed by atoms with E-state index in [-0.39, 0.29) is 0 Å². The first-order chi connectivity index (χ1) is 7.61. The number of nitrogens with zero attached hydrogens (tertiary/aromatic N) is 1. The molecule has 0 bridgehead atoms. The molecule has 1 heteroatoms. The Morgan fingerprint density at radius 1 is 1.38 bits per heavy atom. The van der Waals surface area contributed by atoms with Crippen molar-refractivity contribution in [2.45, 2.75) is 6.40 Å². The van der Waals surface area contributed by atoms with E-state index in [0.29, 0.717) is 18.2 Å². The van der Waals surface area contributed by atoms with E-state index in [1.54, 1.807) is 11.9 Å². The largest absolute Gasteiger partial charge is 0.302 e. The number of benzene rings is 1. The highest BCUT2D eigenvalue weighted by Crippen LogP contribution is 2.20. The van der Waals surface area contributed by atoms with Crippen LogP contribution in [0.4, 0.5) is 0 Å². The Balaban J connectivity index is 2.43. The van der Waals surface area contributed by atoms with E-state index in [0.717, 1.165) is 5.56 Å². The number of hydrogen-bond donors (Lipinski definition) is 0. The summed E-state index contributed by atoms with van der Waals surface area (Å²) < 4.78 is 23.9. The van der Waals surface area contributed by atoms with Gasteiger partial charge in [0.1, 0.15) is 0 Å². The molecule has 0 aliphatic carbocycles. The molecule has 1 aliphatic rings. The first-order valence-electron chi connectivity index (χ1n) is 6.06. The Hall–Kier alpha value is -1.08. The number of rotatable bonds is 1. The Bertz CT molecular complexity index is 402. The maximum Gasteiger partial charge on any atom is 0.0593 e. The third-order valence-corrected chi connectivity index (χ3v) is 2.10. The van der Waals surface area contributed by atoms with Gasteiger partial charge in [-0.05, 0) is 24.6 Å². The van der Waals surface area contributed by atoms with Crippen LogP contribution in [0.25, 0.3) is 5.57 Å². The van der Waals surface area contributed by atoms with Crippen LogP contribution in [0.1, 0.15) is 16.1 Å². The van der Waals surface area contributed by atoms with Crippen molar-refractivity contribution in [3.05, 3.63) is 41.9 Å². The van der Waals surface area contributed by atoms with Crippen molar-refractivity contribution in [1.29, 1.82) is 0 Å². The van der Waals surface area contributed by atoms with Crippen LogP contribution in [-0.4, -0.2) is 25.0 Å². The zero-order valence-electron chi connectivity index (χ0n) is 10.7. The lowest BCUT2D eigenvalue weighted by molar-refractivity contribution is 0.370. The van der Waals surface area contributed by atoms with Crippen molar-refractivity contribution in [3.8, 4) is 0 Å². The van der Waals surface area contributed by atoms with E-state index >= 15 is 0 Å². The fourth-order valence-electron chi connectivity index (χ4n) is 1.34. The molecule has 0 N–H and O–H groups in total. The normalized spacial score (nSPS) is 33.8. The first kappa shape index (κ1) is 5.61. The Kier molecular flexibility index (Phi) is 1.62. The minimum atomic E-state index is -0.659. The summed E-state index contributed by atoms with van der Waals surface area (Å²) in [6, 6.07) is 9.99. The summed E-state index contributed by atoms with van der Waals surface area (Å²) in [5, 5.41) is 0. The van der Waals surface area contributed by atoms with E-state index in [9.17, 15) is 0 Å². The minimum Gasteiger partial charge on any atom is -0.302 e. The highest BCUT2D eigenvalue weighted by molar-refractivity contribution is 5.66. The van der Waals surface area contributed by atoms with Crippen molar-refractivity contribution >= 4 is 5.57 Å². The monoisotopic (exact) mass is 176 g/mol. The van der Waals surface area contributed by atoms with Crippen molar-refractivity contribution in [3.63, 3.8) is 0 Å². The molecular formula is C12H15N. The molecule has 1 heterocycles. The van der Waals surface area contributed by atoms with Gasteiger partial charge in [0.2, 0.25) is 0 Å². The van der Waals surface area contributed by atoms with Crippen LogP contribution in [0.2, 0.25) is 0 Å². The fraction of sp³-hybridized carbons (Fsp3) is 0.333. The summed E-state index contributed by atoms with van der Waals surface area (Å²) in [4.78, 5) is 1.73. The average molecular weight is 176 g/mol. The van der Waals surface area contributed by atoms with Gasteiger partial charge in [0.25, 0.3) is 0 Å². The lowest BCUT2D eigenvalue weighted by atomic mass is 10.00. The molecule has 0 fully saturated rings. The predicted molar refractivity (Wildman–Crippen MR) is 56.5 cm³/mol. The van der Waals surface area contributed by atoms with Gasteiger partial charge < -0.3 is 4.90 Å². The second kappa shape index (κ2) is 3.75. The maximum atomic E-state index is 8.03. The molecule has 1 aliphatic heterocycles. The molecule has 1 aromatic rings. The molecule has 0 saturated heterocycles. The molecule has 13 heavy (non-hydrogen) atoms. The molecule has 0 amide bonds. The van der Waals surface area contributed by atoms with Crippen LogP contribution >= 0.6 is 0 Å². The van der Waals surface area contributed by atoms with Crippen molar-refractivity contribution < 1.29 is 4.11 Å². The van der Waals surface area contributed by atoms with E-state index < -0.39 is 12.9 Å². The Morgan fingerprint density at radius 3 is 2.92 bits per heavy atom. The average Bonchev–Trinajstić information content (AvgIpc) is 2.28. The van der Waals surface area contributed by atoms with Crippen molar-refractivity contribution in [1.82, 2.24) is 4.90 Å². The molecule has 0 spiro atoms. The van der Waals surface area contributed by atoms with Crippen LogP contribution in [0.5, 0.6) is 0 Å². The molecule has 0 radical (unpaired) electrons. The van der Waals surface area contributed by atoms with Crippen molar-refractivity contribution in [2.24, 2.45) is 0 Å². The molecule has 1 nitrogen and oxygen atoms in total. The van der Waals surface area contributed by atoms with Crippen LogP contribution in [0.3, 0.4) is 0 Å². The Labute approximate surface area is 83.9 Å². The standard InChI is InChI=1S/C12H15N/c1-13-9-7-12(8-10-13)11-5-3-2-4-6-11/h2-7H,8-10H2,1H3/i7D,8D,10D. The summed E-state index contributed by atoms with van der Waals surface area (Å²) in [5.41, 5.74) is 1.59. The summed E-state index contributed by atoms with van der Waals surface area (Å²) in [6.45, 7) is -0.127. The van der Waals surface area contributed by atoms with Gasteiger partial charge in [-0.25, -0.2) is 0 Å². The van der Waals surface area contributed by atoms with E-state index in [4.69, 9.17) is 4.11 Å². The molecule has 2 rings (SSSR count). The fourth-order valence-corrected chi connectivity index (χ4v) is 1.34. The van der Waals surface area contributed by atoms with E-state index in [1.165, 1.54) is 0 Å². The lowest BCUT2D eigenvalue weighted by Gasteiger charge is -2.21. The van der Waals surface area contributed by atoms with E-state index in [1.807, 2.05) is 30.3 Å². The quantitative estimate of drug-likeness (QED) is 0.635. The topological polar surface area (TPSA) is 3.24 Å². The smallest absolute Gasteiger partial charge is 0.0593 e. The highest BCUT2D eigenvalue weighted by atomic mass is 15.1. The first-order valence-corrected chi connectivity index (χ1v) is 4.41. The summed E-state index contributed by atoms with van der Waals surface area (Å²) >= 11 is 0. The molecule has 2 atom stereocenters. The van der Waals surface area contributed by atoms with E-state index in [2.05, 4.69) is 0 Å². The molecule has 1 aromatic carbocycles. The number of likely N-dealkylation sites (N-methyl/N-ethyl adjacent to an activating group) is 1.